The summed E-state index contributed by atoms with van der Waals surface area (Å²) in [5.74, 6) is 1.82. The molecular formula is C27H19N3O3Pb. The van der Waals surface area contributed by atoms with E-state index in [1.165, 1.54) is 0 Å². The van der Waals surface area contributed by atoms with E-state index in [0.29, 0.717) is 5.52 Å². The second-order valence-corrected chi connectivity index (χ2v) is 9.54. The molecule has 3 aromatic carbocycles. The van der Waals surface area contributed by atoms with E-state index in [1.54, 1.807) is 30.7 Å². The van der Waals surface area contributed by atoms with Gasteiger partial charge in [0.25, 0.3) is 0 Å². The van der Waals surface area contributed by atoms with Crippen molar-refractivity contribution in [3.63, 3.8) is 0 Å². The Hall–Kier alpha value is -3.79. The first-order valence-electron chi connectivity index (χ1n) is 10.6. The van der Waals surface area contributed by atoms with Crippen molar-refractivity contribution in [2.45, 2.75) is 0 Å². The van der Waals surface area contributed by atoms with Crippen molar-refractivity contribution in [1.82, 2.24) is 15.0 Å². The van der Waals surface area contributed by atoms with Crippen LogP contribution in [0.3, 0.4) is 0 Å². The first-order chi connectivity index (χ1) is 16.8. The molecule has 0 bridgehead atoms. The zero-order valence-corrected chi connectivity index (χ0v) is 21.9. The second kappa shape index (κ2) is 10.4. The van der Waals surface area contributed by atoms with Crippen molar-refractivity contribution in [3.8, 4) is 17.2 Å². The molecule has 0 amide bonds. The molecule has 0 saturated heterocycles. The number of rotatable bonds is 4. The van der Waals surface area contributed by atoms with Gasteiger partial charge >= 0.3 is 147 Å². The van der Waals surface area contributed by atoms with Gasteiger partial charge in [0.05, 0.1) is 0 Å². The fourth-order valence-electron chi connectivity index (χ4n) is 3.52. The zero-order chi connectivity index (χ0) is 23.2. The standard InChI is InChI=1S/3C9H7NO.Pb/c3*11-8-5-1-3-7-4-2-6-10-9(7)8;/h3*1-6,11H;/q;;;+2/p-2. The number of hydrogen-bond acceptors (Lipinski definition) is 6. The van der Waals surface area contributed by atoms with Crippen LogP contribution in [0.25, 0.3) is 32.7 Å². The molecule has 0 atom stereocenters. The number of pyridine rings is 3. The number of aromatic nitrogens is 3. The summed E-state index contributed by atoms with van der Waals surface area (Å²) in [4.78, 5) is 12.8. The molecule has 7 heteroatoms. The number of phenolic OH excluding ortho intramolecular Hbond substituents is 1. The van der Waals surface area contributed by atoms with Gasteiger partial charge in [-0.25, -0.2) is 0 Å². The summed E-state index contributed by atoms with van der Waals surface area (Å²) >= 11 is -1.78. The van der Waals surface area contributed by atoms with Crippen LogP contribution in [0.5, 0.6) is 17.2 Å². The van der Waals surface area contributed by atoms with Gasteiger partial charge in [-0.2, -0.15) is 0 Å². The van der Waals surface area contributed by atoms with E-state index in [9.17, 15) is 5.11 Å². The molecule has 3 heterocycles. The molecule has 0 aliphatic heterocycles. The van der Waals surface area contributed by atoms with Gasteiger partial charge in [-0.1, -0.05) is 18.2 Å². The average molecular weight is 641 g/mol. The van der Waals surface area contributed by atoms with E-state index in [0.717, 1.165) is 38.7 Å². The summed E-state index contributed by atoms with van der Waals surface area (Å²) in [5.41, 5.74) is 2.42. The Morgan fingerprint density at radius 3 is 1.41 bits per heavy atom. The van der Waals surface area contributed by atoms with Crippen LogP contribution in [-0.4, -0.2) is 45.2 Å². The number of aromatic hydroxyl groups is 1. The molecule has 0 aliphatic carbocycles. The Balaban J connectivity index is 0.000000183. The Bertz CT molecular complexity index is 1480. The van der Waals surface area contributed by atoms with Gasteiger partial charge < -0.3 is 5.11 Å². The maximum atomic E-state index is 9.31. The van der Waals surface area contributed by atoms with Crippen molar-refractivity contribution < 1.29 is 10.5 Å². The molecule has 6 nitrogen and oxygen atoms in total. The normalized spacial score (nSPS) is 10.6. The Labute approximate surface area is 209 Å². The third kappa shape index (κ3) is 4.91. The summed E-state index contributed by atoms with van der Waals surface area (Å²) in [6.07, 6.45) is 5.22. The predicted octanol–water partition coefficient (Wildman–Crippen LogP) is 5.72. The molecule has 34 heavy (non-hydrogen) atoms. The molecule has 2 radical (unpaired) electrons. The molecular weight excluding hydrogens is 622 g/mol. The van der Waals surface area contributed by atoms with E-state index in [1.807, 2.05) is 78.9 Å². The summed E-state index contributed by atoms with van der Waals surface area (Å²) in [5, 5.41) is 12.4. The first kappa shape index (κ1) is 22.0. The zero-order valence-electron chi connectivity index (χ0n) is 18.0. The Morgan fingerprint density at radius 2 is 0.912 bits per heavy atom. The Morgan fingerprint density at radius 1 is 0.500 bits per heavy atom. The quantitative estimate of drug-likeness (QED) is 0.249. The van der Waals surface area contributed by atoms with Crippen LogP contribution in [0.4, 0.5) is 0 Å². The summed E-state index contributed by atoms with van der Waals surface area (Å²) in [6, 6.07) is 28.9. The number of benzene rings is 3. The van der Waals surface area contributed by atoms with Gasteiger partial charge in [0.15, 0.2) is 0 Å². The van der Waals surface area contributed by atoms with Crippen LogP contribution in [0, 0.1) is 0 Å². The molecule has 1 N–H and O–H groups in total. The number of phenols is 1. The van der Waals surface area contributed by atoms with Gasteiger partial charge in [0.2, 0.25) is 0 Å². The number of para-hydroxylation sites is 3. The summed E-state index contributed by atoms with van der Waals surface area (Å²) < 4.78 is 11.9. The summed E-state index contributed by atoms with van der Waals surface area (Å²) in [7, 11) is 0. The number of hydrogen-bond donors (Lipinski definition) is 1. The van der Waals surface area contributed by atoms with E-state index in [2.05, 4.69) is 15.0 Å². The average Bonchev–Trinajstić information content (AvgIpc) is 2.90. The van der Waals surface area contributed by atoms with E-state index in [-0.39, 0.29) is 5.75 Å². The monoisotopic (exact) mass is 641 g/mol. The molecule has 6 rings (SSSR count). The van der Waals surface area contributed by atoms with Crippen molar-refractivity contribution in [3.05, 3.63) is 110 Å². The van der Waals surface area contributed by atoms with Gasteiger partial charge in [-0.15, -0.1) is 0 Å². The van der Waals surface area contributed by atoms with Gasteiger partial charge in [-0.05, 0) is 12.1 Å². The molecule has 164 valence electrons. The molecule has 0 spiro atoms. The summed E-state index contributed by atoms with van der Waals surface area (Å²) in [6.45, 7) is 0. The molecule has 6 aromatic rings. The predicted molar refractivity (Wildman–Crippen MR) is 134 cm³/mol. The van der Waals surface area contributed by atoms with Crippen LogP contribution in [-0.2, 0) is 0 Å². The van der Waals surface area contributed by atoms with Gasteiger partial charge in [0.1, 0.15) is 11.3 Å². The maximum absolute atomic E-state index is 9.31. The minimum absolute atomic E-state index is 0.239. The molecule has 0 saturated carbocycles. The molecule has 3 aromatic heterocycles. The topological polar surface area (TPSA) is 77.4 Å². The van der Waals surface area contributed by atoms with Gasteiger partial charge in [-0.3, -0.25) is 4.98 Å². The molecule has 0 aliphatic rings. The van der Waals surface area contributed by atoms with Crippen LogP contribution in [0.2, 0.25) is 0 Å². The van der Waals surface area contributed by atoms with Crippen LogP contribution < -0.4 is 5.37 Å². The van der Waals surface area contributed by atoms with Crippen LogP contribution in [0.1, 0.15) is 0 Å². The van der Waals surface area contributed by atoms with Crippen molar-refractivity contribution in [1.29, 1.82) is 0 Å². The van der Waals surface area contributed by atoms with E-state index >= 15 is 0 Å². The Kier molecular flexibility index (Phi) is 6.76. The molecule has 0 unspecified atom stereocenters. The van der Waals surface area contributed by atoms with Crippen molar-refractivity contribution in [2.75, 3.05) is 0 Å². The third-order valence-corrected chi connectivity index (χ3v) is 7.46. The van der Waals surface area contributed by atoms with Crippen molar-refractivity contribution in [2.24, 2.45) is 0 Å². The third-order valence-electron chi connectivity index (χ3n) is 5.11. The van der Waals surface area contributed by atoms with Crippen LogP contribution >= 0.6 is 0 Å². The first-order valence-corrected chi connectivity index (χ1v) is 13.8. The fourth-order valence-corrected chi connectivity index (χ4v) is 5.66. The minimum atomic E-state index is -1.78. The van der Waals surface area contributed by atoms with E-state index < -0.39 is 25.1 Å². The molecule has 0 fully saturated rings. The van der Waals surface area contributed by atoms with Gasteiger partial charge in [0, 0.05) is 11.6 Å². The van der Waals surface area contributed by atoms with Crippen molar-refractivity contribution >= 4 is 57.8 Å². The number of fused-ring (bicyclic) bond motifs is 3. The fraction of sp³-hybridized carbons (Fsp3) is 0. The van der Waals surface area contributed by atoms with Crippen LogP contribution in [0.15, 0.2) is 110 Å². The SMILES string of the molecule is Oc1cccc2cccnc12.c1cnc2c([O][Pb][O]c3cccc4cccnc34)cccc2c1. The second-order valence-electron chi connectivity index (χ2n) is 7.30. The number of nitrogens with zero attached hydrogens (tertiary/aromatic N) is 3. The van der Waals surface area contributed by atoms with E-state index in [4.69, 9.17) is 5.37 Å².